The molecule has 4 N–H and O–H groups in total. The van der Waals surface area contributed by atoms with E-state index in [1.807, 2.05) is 31.7 Å². The number of nitrogen functional groups attached to an aromatic ring is 1. The van der Waals surface area contributed by atoms with Gasteiger partial charge in [0, 0.05) is 23.1 Å². The molecule has 5 nitrogen and oxygen atoms in total. The lowest BCUT2D eigenvalue weighted by molar-refractivity contribution is 0.0953. The zero-order chi connectivity index (χ0) is 14.5. The Hall–Kier alpha value is -1.27. The third-order valence-electron chi connectivity index (χ3n) is 3.36. The lowest BCUT2D eigenvalue weighted by Gasteiger charge is -2.13. The molecule has 2 rings (SSSR count). The minimum Gasteiger partial charge on any atom is -0.351 e. The first-order chi connectivity index (χ1) is 9.60. The highest BCUT2D eigenvalue weighted by atomic mass is 32.2. The van der Waals surface area contributed by atoms with Crippen molar-refractivity contribution in [2.24, 2.45) is 5.84 Å². The second-order valence-electron chi connectivity index (χ2n) is 5.31. The first kappa shape index (κ1) is 15.1. The van der Waals surface area contributed by atoms with Gasteiger partial charge in [0.2, 0.25) is 0 Å². The van der Waals surface area contributed by atoms with Crippen molar-refractivity contribution in [1.82, 2.24) is 10.3 Å². The maximum Gasteiger partial charge on any atom is 0.251 e. The number of aromatic nitrogens is 1. The number of carbonyl (C=O) groups is 1. The molecule has 6 heteroatoms. The first-order valence-electron chi connectivity index (χ1n) is 6.98. The minimum atomic E-state index is -0.0571. The van der Waals surface area contributed by atoms with E-state index in [1.165, 1.54) is 18.6 Å². The van der Waals surface area contributed by atoms with Crippen LogP contribution in [0.4, 0.5) is 5.82 Å². The van der Waals surface area contributed by atoms with Gasteiger partial charge in [-0.3, -0.25) is 4.79 Å². The van der Waals surface area contributed by atoms with Crippen molar-refractivity contribution in [3.63, 3.8) is 0 Å². The molecule has 1 aromatic heterocycles. The van der Waals surface area contributed by atoms with Crippen LogP contribution in [0.5, 0.6) is 0 Å². The lowest BCUT2D eigenvalue weighted by atomic mass is 10.1. The molecular formula is C14H22N4OS. The Balaban J connectivity index is 2.05. The van der Waals surface area contributed by atoms with E-state index in [-0.39, 0.29) is 11.8 Å². The number of nitrogens with one attached hydrogen (secondary N) is 2. The van der Waals surface area contributed by atoms with Gasteiger partial charge in [-0.2, -0.15) is 11.8 Å². The fourth-order valence-corrected chi connectivity index (χ4v) is 3.37. The fourth-order valence-electron chi connectivity index (χ4n) is 2.17. The summed E-state index contributed by atoms with van der Waals surface area (Å²) < 4.78 is 0. The van der Waals surface area contributed by atoms with Gasteiger partial charge in [0.15, 0.2) is 0 Å². The molecule has 1 unspecified atom stereocenters. The largest absolute Gasteiger partial charge is 0.351 e. The highest BCUT2D eigenvalue weighted by Gasteiger charge is 2.17. The number of amides is 1. The van der Waals surface area contributed by atoms with Crippen molar-refractivity contribution in [2.45, 2.75) is 37.9 Å². The van der Waals surface area contributed by atoms with Crippen LogP contribution in [-0.4, -0.2) is 28.4 Å². The fraction of sp³-hybridized carbons (Fsp3) is 0.571. The minimum absolute atomic E-state index is 0.0571. The first-order valence-corrected chi connectivity index (χ1v) is 8.03. The van der Waals surface area contributed by atoms with Gasteiger partial charge in [0.25, 0.3) is 5.91 Å². The van der Waals surface area contributed by atoms with E-state index >= 15 is 0 Å². The average molecular weight is 294 g/mol. The van der Waals surface area contributed by atoms with Crippen LogP contribution < -0.4 is 16.6 Å². The molecular weight excluding hydrogens is 272 g/mol. The van der Waals surface area contributed by atoms with E-state index in [1.54, 1.807) is 6.07 Å². The molecule has 0 radical (unpaired) electrons. The normalized spacial score (nSPS) is 18.3. The molecule has 0 aromatic carbocycles. The van der Waals surface area contributed by atoms with Gasteiger partial charge in [0.05, 0.1) is 0 Å². The van der Waals surface area contributed by atoms with Gasteiger partial charge < -0.3 is 10.7 Å². The molecule has 1 saturated heterocycles. The second-order valence-corrected chi connectivity index (χ2v) is 6.72. The van der Waals surface area contributed by atoms with Crippen LogP contribution >= 0.6 is 11.8 Å². The molecule has 0 bridgehead atoms. The van der Waals surface area contributed by atoms with Crippen LogP contribution in [-0.2, 0) is 0 Å². The lowest BCUT2D eigenvalue weighted by Crippen LogP contribution is -2.30. The molecule has 1 aliphatic heterocycles. The van der Waals surface area contributed by atoms with E-state index in [4.69, 9.17) is 5.84 Å². The Morgan fingerprint density at radius 2 is 2.35 bits per heavy atom. The molecule has 1 fully saturated rings. The highest BCUT2D eigenvalue weighted by molar-refractivity contribution is 8.00. The third-order valence-corrected chi connectivity index (χ3v) is 4.76. The SMILES string of the molecule is CC(C)c1cc(C(=O)NCC2CCCS2)cc(NN)n1. The van der Waals surface area contributed by atoms with Gasteiger partial charge >= 0.3 is 0 Å². The highest BCUT2D eigenvalue weighted by Crippen LogP contribution is 2.25. The maximum absolute atomic E-state index is 12.2. The molecule has 2 heterocycles. The predicted molar refractivity (Wildman–Crippen MR) is 83.9 cm³/mol. The van der Waals surface area contributed by atoms with Crippen LogP contribution in [0, 0.1) is 0 Å². The number of hydrogen-bond acceptors (Lipinski definition) is 5. The van der Waals surface area contributed by atoms with Crippen LogP contribution in [0.1, 0.15) is 48.7 Å². The average Bonchev–Trinajstić information content (AvgIpc) is 2.97. The molecule has 110 valence electrons. The standard InChI is InChI=1S/C14H22N4OS/c1-9(2)12-6-10(7-13(17-12)18-15)14(19)16-8-11-4-3-5-20-11/h6-7,9,11H,3-5,8,15H2,1-2H3,(H,16,19)(H,17,18). The Morgan fingerprint density at radius 1 is 1.55 bits per heavy atom. The van der Waals surface area contributed by atoms with Crippen LogP contribution in [0.3, 0.4) is 0 Å². The zero-order valence-electron chi connectivity index (χ0n) is 12.0. The Labute approximate surface area is 124 Å². The molecule has 1 amide bonds. The second kappa shape index (κ2) is 6.95. The van der Waals surface area contributed by atoms with E-state index in [0.29, 0.717) is 16.6 Å². The van der Waals surface area contributed by atoms with E-state index < -0.39 is 0 Å². The van der Waals surface area contributed by atoms with Gasteiger partial charge in [-0.25, -0.2) is 10.8 Å². The van der Waals surface area contributed by atoms with Crippen molar-refractivity contribution in [2.75, 3.05) is 17.7 Å². The molecule has 0 saturated carbocycles. The maximum atomic E-state index is 12.2. The van der Waals surface area contributed by atoms with Crippen molar-refractivity contribution in [3.8, 4) is 0 Å². The number of hydrazine groups is 1. The summed E-state index contributed by atoms with van der Waals surface area (Å²) in [5.74, 6) is 7.33. The number of anilines is 1. The van der Waals surface area contributed by atoms with Crippen molar-refractivity contribution in [3.05, 3.63) is 23.4 Å². The molecule has 1 aromatic rings. The van der Waals surface area contributed by atoms with Crippen LogP contribution in [0.15, 0.2) is 12.1 Å². The zero-order valence-corrected chi connectivity index (χ0v) is 12.8. The van der Waals surface area contributed by atoms with E-state index in [2.05, 4.69) is 15.7 Å². The van der Waals surface area contributed by atoms with Crippen LogP contribution in [0.25, 0.3) is 0 Å². The Morgan fingerprint density at radius 3 is 2.95 bits per heavy atom. The number of nitrogens with two attached hydrogens (primary N) is 1. The summed E-state index contributed by atoms with van der Waals surface area (Å²) in [6.45, 7) is 4.81. The third kappa shape index (κ3) is 3.86. The number of carbonyl (C=O) groups excluding carboxylic acids is 1. The van der Waals surface area contributed by atoms with E-state index in [0.717, 1.165) is 12.2 Å². The van der Waals surface area contributed by atoms with Crippen molar-refractivity contribution in [1.29, 1.82) is 0 Å². The molecule has 1 aliphatic rings. The van der Waals surface area contributed by atoms with E-state index in [9.17, 15) is 4.79 Å². The molecule has 0 aliphatic carbocycles. The number of rotatable bonds is 5. The summed E-state index contributed by atoms with van der Waals surface area (Å²) in [6, 6.07) is 3.52. The van der Waals surface area contributed by atoms with Crippen molar-refractivity contribution >= 4 is 23.5 Å². The Kier molecular flexibility index (Phi) is 5.25. The van der Waals surface area contributed by atoms with Gasteiger partial charge in [-0.05, 0) is 36.6 Å². The molecule has 20 heavy (non-hydrogen) atoms. The summed E-state index contributed by atoms with van der Waals surface area (Å²) in [7, 11) is 0. The number of hydrogen-bond donors (Lipinski definition) is 3. The summed E-state index contributed by atoms with van der Waals surface area (Å²) in [4.78, 5) is 16.6. The van der Waals surface area contributed by atoms with Gasteiger partial charge in [0.1, 0.15) is 5.82 Å². The van der Waals surface area contributed by atoms with Crippen molar-refractivity contribution < 1.29 is 4.79 Å². The number of thioether (sulfide) groups is 1. The van der Waals surface area contributed by atoms with Gasteiger partial charge in [-0.15, -0.1) is 0 Å². The van der Waals surface area contributed by atoms with Crippen LogP contribution in [0.2, 0.25) is 0 Å². The topological polar surface area (TPSA) is 80.0 Å². The monoisotopic (exact) mass is 294 g/mol. The Bertz CT molecular complexity index is 472. The quantitative estimate of drug-likeness (QED) is 0.572. The number of nitrogens with zero attached hydrogens (tertiary/aromatic N) is 1. The molecule has 1 atom stereocenters. The smallest absolute Gasteiger partial charge is 0.251 e. The summed E-state index contributed by atoms with van der Waals surface area (Å²) in [5.41, 5.74) is 3.99. The number of pyridine rings is 1. The summed E-state index contributed by atoms with van der Waals surface area (Å²) in [6.07, 6.45) is 2.44. The summed E-state index contributed by atoms with van der Waals surface area (Å²) in [5, 5.41) is 3.56. The molecule has 0 spiro atoms. The van der Waals surface area contributed by atoms with Gasteiger partial charge in [-0.1, -0.05) is 13.8 Å². The summed E-state index contributed by atoms with van der Waals surface area (Å²) >= 11 is 1.94. The predicted octanol–water partition coefficient (Wildman–Crippen LogP) is 2.12.